The SMILES string of the molecule is Cc1cc(C(=O)NCCC(CCC(=O)O)C(C)C)on1. The van der Waals surface area contributed by atoms with Crippen LogP contribution in [0.15, 0.2) is 10.6 Å². The Hall–Kier alpha value is -1.85. The number of carboxylic acids is 1. The molecule has 20 heavy (non-hydrogen) atoms. The lowest BCUT2D eigenvalue weighted by molar-refractivity contribution is -0.137. The summed E-state index contributed by atoms with van der Waals surface area (Å²) in [6.45, 7) is 6.38. The predicted octanol–water partition coefficient (Wildman–Crippen LogP) is 2.24. The van der Waals surface area contributed by atoms with Crippen LogP contribution in [0, 0.1) is 18.8 Å². The smallest absolute Gasteiger partial charge is 0.303 e. The summed E-state index contributed by atoms with van der Waals surface area (Å²) >= 11 is 0. The second kappa shape index (κ2) is 7.67. The van der Waals surface area contributed by atoms with E-state index < -0.39 is 5.97 Å². The van der Waals surface area contributed by atoms with Crippen LogP contribution < -0.4 is 5.32 Å². The average Bonchev–Trinajstić information content (AvgIpc) is 2.79. The first kappa shape index (κ1) is 16.2. The standard InChI is InChI=1S/C14H22N2O4/c1-9(2)11(4-5-13(17)18)6-7-15-14(19)12-8-10(3)16-20-12/h8-9,11H,4-7H2,1-3H3,(H,15,19)(H,17,18). The molecule has 1 amide bonds. The summed E-state index contributed by atoms with van der Waals surface area (Å²) in [6, 6.07) is 1.58. The quantitative estimate of drug-likeness (QED) is 0.762. The van der Waals surface area contributed by atoms with Gasteiger partial charge in [0.15, 0.2) is 0 Å². The lowest BCUT2D eigenvalue weighted by Gasteiger charge is -2.20. The van der Waals surface area contributed by atoms with Crippen molar-refractivity contribution in [3.63, 3.8) is 0 Å². The van der Waals surface area contributed by atoms with Gasteiger partial charge >= 0.3 is 5.97 Å². The van der Waals surface area contributed by atoms with Crippen LogP contribution in [0.3, 0.4) is 0 Å². The van der Waals surface area contributed by atoms with Gasteiger partial charge in [-0.15, -0.1) is 0 Å². The first-order chi connectivity index (χ1) is 9.40. The number of carbonyl (C=O) groups is 2. The third kappa shape index (κ3) is 5.42. The molecule has 0 aromatic carbocycles. The van der Waals surface area contributed by atoms with Gasteiger partial charge in [0.1, 0.15) is 0 Å². The first-order valence-corrected chi connectivity index (χ1v) is 6.83. The first-order valence-electron chi connectivity index (χ1n) is 6.83. The van der Waals surface area contributed by atoms with Gasteiger partial charge in [0, 0.05) is 19.0 Å². The minimum absolute atomic E-state index is 0.165. The van der Waals surface area contributed by atoms with Crippen molar-refractivity contribution in [1.29, 1.82) is 0 Å². The lowest BCUT2D eigenvalue weighted by atomic mass is 9.88. The molecule has 0 fully saturated rings. The molecule has 0 aliphatic rings. The molecule has 1 heterocycles. The van der Waals surface area contributed by atoms with Gasteiger partial charge in [0.25, 0.3) is 5.91 Å². The van der Waals surface area contributed by atoms with Crippen molar-refractivity contribution < 1.29 is 19.2 Å². The molecule has 1 aromatic rings. The fraction of sp³-hybridized carbons (Fsp3) is 0.643. The van der Waals surface area contributed by atoms with Gasteiger partial charge in [0.2, 0.25) is 5.76 Å². The highest BCUT2D eigenvalue weighted by Gasteiger charge is 2.16. The van der Waals surface area contributed by atoms with E-state index in [1.54, 1.807) is 13.0 Å². The molecule has 2 N–H and O–H groups in total. The van der Waals surface area contributed by atoms with E-state index in [9.17, 15) is 9.59 Å². The second-order valence-corrected chi connectivity index (χ2v) is 5.31. The number of hydrogen-bond acceptors (Lipinski definition) is 4. The van der Waals surface area contributed by atoms with E-state index in [1.165, 1.54) is 0 Å². The van der Waals surface area contributed by atoms with Gasteiger partial charge < -0.3 is 14.9 Å². The van der Waals surface area contributed by atoms with Crippen LogP contribution in [-0.2, 0) is 4.79 Å². The highest BCUT2D eigenvalue weighted by molar-refractivity contribution is 5.91. The summed E-state index contributed by atoms with van der Waals surface area (Å²) in [5, 5.41) is 15.1. The average molecular weight is 282 g/mol. The molecule has 1 unspecified atom stereocenters. The van der Waals surface area contributed by atoms with Gasteiger partial charge in [-0.3, -0.25) is 9.59 Å². The maximum atomic E-state index is 11.7. The van der Waals surface area contributed by atoms with Crippen molar-refractivity contribution in [2.75, 3.05) is 6.54 Å². The largest absolute Gasteiger partial charge is 0.481 e. The molecular weight excluding hydrogens is 260 g/mol. The van der Waals surface area contributed by atoms with Gasteiger partial charge in [-0.1, -0.05) is 19.0 Å². The van der Waals surface area contributed by atoms with Gasteiger partial charge in [-0.25, -0.2) is 0 Å². The topological polar surface area (TPSA) is 92.4 Å². The van der Waals surface area contributed by atoms with Crippen LogP contribution in [0.5, 0.6) is 0 Å². The van der Waals surface area contributed by atoms with Crippen molar-refractivity contribution in [2.45, 2.75) is 40.0 Å². The van der Waals surface area contributed by atoms with Gasteiger partial charge in [0.05, 0.1) is 5.69 Å². The molecule has 0 saturated heterocycles. The zero-order valence-electron chi connectivity index (χ0n) is 12.2. The predicted molar refractivity (Wildman–Crippen MR) is 73.4 cm³/mol. The third-order valence-corrected chi connectivity index (χ3v) is 3.32. The van der Waals surface area contributed by atoms with E-state index >= 15 is 0 Å². The van der Waals surface area contributed by atoms with E-state index in [1.807, 2.05) is 0 Å². The number of amides is 1. The zero-order chi connectivity index (χ0) is 15.1. The van der Waals surface area contributed by atoms with E-state index in [0.29, 0.717) is 24.6 Å². The maximum absolute atomic E-state index is 11.7. The highest BCUT2D eigenvalue weighted by Crippen LogP contribution is 2.20. The summed E-state index contributed by atoms with van der Waals surface area (Å²) in [6.07, 6.45) is 1.55. The Morgan fingerprint density at radius 2 is 2.10 bits per heavy atom. The Balaban J connectivity index is 2.36. The van der Waals surface area contributed by atoms with Crippen molar-refractivity contribution in [3.8, 4) is 0 Å². The number of aliphatic carboxylic acids is 1. The van der Waals surface area contributed by atoms with E-state index in [-0.39, 0.29) is 24.0 Å². The fourth-order valence-corrected chi connectivity index (χ4v) is 2.05. The number of carboxylic acid groups (broad SMARTS) is 1. The Morgan fingerprint density at radius 3 is 2.60 bits per heavy atom. The molecule has 1 aromatic heterocycles. The number of aromatic nitrogens is 1. The van der Waals surface area contributed by atoms with Crippen molar-refractivity contribution in [2.24, 2.45) is 11.8 Å². The van der Waals surface area contributed by atoms with Crippen LogP contribution in [0.2, 0.25) is 0 Å². The molecule has 6 heteroatoms. The van der Waals surface area contributed by atoms with Crippen molar-refractivity contribution in [3.05, 3.63) is 17.5 Å². The van der Waals surface area contributed by atoms with Crippen LogP contribution in [0.4, 0.5) is 0 Å². The summed E-state index contributed by atoms with van der Waals surface area (Å²) in [4.78, 5) is 22.3. The molecule has 0 aliphatic heterocycles. The van der Waals surface area contributed by atoms with Crippen LogP contribution in [0.1, 0.15) is 49.4 Å². The minimum Gasteiger partial charge on any atom is -0.481 e. The van der Waals surface area contributed by atoms with Crippen LogP contribution in [-0.4, -0.2) is 28.7 Å². The Morgan fingerprint density at radius 1 is 1.40 bits per heavy atom. The molecule has 0 bridgehead atoms. The van der Waals surface area contributed by atoms with Gasteiger partial charge in [-0.2, -0.15) is 0 Å². The normalized spacial score (nSPS) is 12.4. The molecule has 112 valence electrons. The number of rotatable bonds is 8. The molecule has 1 rings (SSSR count). The number of aryl methyl sites for hydroxylation is 1. The number of hydrogen-bond donors (Lipinski definition) is 2. The second-order valence-electron chi connectivity index (χ2n) is 5.31. The summed E-state index contributed by atoms with van der Waals surface area (Å²) in [5.41, 5.74) is 0.664. The maximum Gasteiger partial charge on any atom is 0.303 e. The molecule has 6 nitrogen and oxygen atoms in total. The van der Waals surface area contributed by atoms with Crippen LogP contribution >= 0.6 is 0 Å². The summed E-state index contributed by atoms with van der Waals surface area (Å²) in [7, 11) is 0. The molecule has 0 saturated carbocycles. The Labute approximate surface area is 118 Å². The molecule has 0 radical (unpaired) electrons. The number of carbonyl (C=O) groups excluding carboxylic acids is 1. The third-order valence-electron chi connectivity index (χ3n) is 3.32. The minimum atomic E-state index is -0.781. The number of nitrogens with zero attached hydrogens (tertiary/aromatic N) is 1. The van der Waals surface area contributed by atoms with E-state index in [0.717, 1.165) is 6.42 Å². The van der Waals surface area contributed by atoms with Crippen molar-refractivity contribution in [1.82, 2.24) is 10.5 Å². The molecule has 1 atom stereocenters. The van der Waals surface area contributed by atoms with E-state index in [4.69, 9.17) is 9.63 Å². The van der Waals surface area contributed by atoms with Crippen molar-refractivity contribution >= 4 is 11.9 Å². The molecular formula is C14H22N2O4. The zero-order valence-corrected chi connectivity index (χ0v) is 12.2. The molecule has 0 spiro atoms. The van der Waals surface area contributed by atoms with Gasteiger partial charge in [-0.05, 0) is 31.6 Å². The fourth-order valence-electron chi connectivity index (χ4n) is 2.05. The number of nitrogens with one attached hydrogen (secondary N) is 1. The van der Waals surface area contributed by atoms with Crippen LogP contribution in [0.25, 0.3) is 0 Å². The lowest BCUT2D eigenvalue weighted by Crippen LogP contribution is -2.26. The monoisotopic (exact) mass is 282 g/mol. The Bertz CT molecular complexity index is 454. The Kier molecular flexibility index (Phi) is 6.21. The van der Waals surface area contributed by atoms with E-state index in [2.05, 4.69) is 24.3 Å². The summed E-state index contributed by atoms with van der Waals surface area (Å²) in [5.74, 6) is -0.195. The molecule has 0 aliphatic carbocycles. The highest BCUT2D eigenvalue weighted by atomic mass is 16.5. The summed E-state index contributed by atoms with van der Waals surface area (Å²) < 4.78 is 4.87.